The smallest absolute Gasteiger partial charge is 0.342 e. The number of carboxylic acid groups (broad SMARTS) is 1. The summed E-state index contributed by atoms with van der Waals surface area (Å²) in [6, 6.07) is 19.8. The molecule has 0 bridgehead atoms. The molecular weight excluding hydrogens is 550 g/mol. The molecule has 1 heterocycles. The Kier molecular flexibility index (Phi) is 9.78. The van der Waals surface area contributed by atoms with Gasteiger partial charge in [-0.05, 0) is 48.2 Å². The fraction of sp³-hybridized carbons (Fsp3) is 0.179. The Balaban J connectivity index is 1.54. The van der Waals surface area contributed by atoms with Gasteiger partial charge in [0.15, 0.2) is 11.5 Å². The second-order valence-electron chi connectivity index (χ2n) is 8.22. The van der Waals surface area contributed by atoms with E-state index in [1.165, 1.54) is 25.1 Å². The molecule has 4 rings (SSSR count). The number of carbonyl (C=O) groups excluding carboxylic acids is 2. The number of hydrazone groups is 1. The maximum absolute atomic E-state index is 12.6. The highest BCUT2D eigenvalue weighted by molar-refractivity contribution is 7.99. The van der Waals surface area contributed by atoms with Crippen LogP contribution in [0, 0.1) is 0 Å². The molecule has 0 atom stereocenters. The first kappa shape index (κ1) is 29.0. The van der Waals surface area contributed by atoms with Gasteiger partial charge in [-0.25, -0.2) is 5.43 Å². The van der Waals surface area contributed by atoms with Crippen molar-refractivity contribution in [2.75, 3.05) is 33.7 Å². The van der Waals surface area contributed by atoms with Crippen molar-refractivity contribution in [3.63, 3.8) is 0 Å². The van der Waals surface area contributed by atoms with E-state index in [1.807, 2.05) is 34.9 Å². The first-order valence-electron chi connectivity index (χ1n) is 12.2. The van der Waals surface area contributed by atoms with Gasteiger partial charge < -0.3 is 28.8 Å². The number of methoxy groups -OCH3 is 3. The van der Waals surface area contributed by atoms with Crippen LogP contribution in [-0.4, -0.2) is 62.0 Å². The number of carboxylic acids is 1. The lowest BCUT2D eigenvalue weighted by atomic mass is 10.1. The number of aromatic amines is 1. The Hall–Kier alpha value is -5.04. The molecule has 0 saturated heterocycles. The van der Waals surface area contributed by atoms with E-state index in [0.717, 1.165) is 11.3 Å². The molecule has 0 saturated carbocycles. The van der Waals surface area contributed by atoms with Crippen molar-refractivity contribution < 1.29 is 38.2 Å². The van der Waals surface area contributed by atoms with Gasteiger partial charge in [0, 0.05) is 5.56 Å². The van der Waals surface area contributed by atoms with Crippen molar-refractivity contribution >= 4 is 29.9 Å². The van der Waals surface area contributed by atoms with Crippen LogP contribution in [0.25, 0.3) is 17.1 Å². The van der Waals surface area contributed by atoms with E-state index in [0.29, 0.717) is 39.5 Å². The van der Waals surface area contributed by atoms with Gasteiger partial charge in [0.1, 0.15) is 18.0 Å². The van der Waals surface area contributed by atoms with Crippen LogP contribution in [0.3, 0.4) is 0 Å². The summed E-state index contributed by atoms with van der Waals surface area (Å²) < 4.78 is 23.6. The number of thioether (sulfide) groups is 1. The summed E-state index contributed by atoms with van der Waals surface area (Å²) in [7, 11) is 4.62. The number of ether oxygens (including phenoxy) is 4. The fourth-order valence-corrected chi connectivity index (χ4v) is 4.57. The maximum atomic E-state index is 12.6. The zero-order valence-corrected chi connectivity index (χ0v) is 23.3. The summed E-state index contributed by atoms with van der Waals surface area (Å²) in [5, 5.41) is 22.7. The van der Waals surface area contributed by atoms with Crippen molar-refractivity contribution in [1.29, 1.82) is 0 Å². The molecule has 3 aromatic carbocycles. The van der Waals surface area contributed by atoms with Crippen LogP contribution in [-0.2, 0) is 9.59 Å². The molecule has 0 radical (unpaired) electrons. The van der Waals surface area contributed by atoms with E-state index < -0.39 is 12.6 Å². The number of aliphatic carboxylic acids is 1. The number of aromatic nitrogens is 3. The molecule has 212 valence electrons. The molecule has 0 aliphatic carbocycles. The van der Waals surface area contributed by atoms with Crippen LogP contribution >= 0.6 is 11.8 Å². The summed E-state index contributed by atoms with van der Waals surface area (Å²) in [5.41, 5.74) is 4.49. The number of carbonyl (C=O) groups is 2. The molecule has 4 aromatic rings. The molecule has 0 fully saturated rings. The summed E-state index contributed by atoms with van der Waals surface area (Å²) in [5.74, 6) is 0.631. The first-order valence-corrected chi connectivity index (χ1v) is 13.2. The third-order valence-electron chi connectivity index (χ3n) is 5.61. The maximum Gasteiger partial charge on any atom is 0.342 e. The molecule has 0 spiro atoms. The monoisotopic (exact) mass is 577 g/mol. The highest BCUT2D eigenvalue weighted by Gasteiger charge is 2.27. The Morgan fingerprint density at radius 1 is 1.00 bits per heavy atom. The number of hydrogen-bond donors (Lipinski definition) is 2. The molecular formula is C28H27N5O7S. The van der Waals surface area contributed by atoms with Crippen LogP contribution in [0.2, 0.25) is 0 Å². The van der Waals surface area contributed by atoms with E-state index in [9.17, 15) is 14.7 Å². The van der Waals surface area contributed by atoms with Gasteiger partial charge in [-0.3, -0.25) is 4.79 Å². The average molecular weight is 578 g/mol. The number of amides is 1. The Morgan fingerprint density at radius 2 is 1.68 bits per heavy atom. The molecule has 1 aromatic heterocycles. The van der Waals surface area contributed by atoms with Gasteiger partial charge in [0.25, 0.3) is 11.7 Å². The Labute approximate surface area is 239 Å². The average Bonchev–Trinajstić information content (AvgIpc) is 3.43. The topological polar surface area (TPSA) is 151 Å². The highest BCUT2D eigenvalue weighted by Crippen LogP contribution is 2.40. The highest BCUT2D eigenvalue weighted by atomic mass is 32.2. The minimum Gasteiger partial charge on any atom is -0.546 e. The van der Waals surface area contributed by atoms with E-state index in [1.54, 1.807) is 50.6 Å². The number of H-pyrrole nitrogens is 1. The van der Waals surface area contributed by atoms with Crippen LogP contribution in [0.5, 0.6) is 23.0 Å². The van der Waals surface area contributed by atoms with Gasteiger partial charge in [0.05, 0.1) is 49.9 Å². The summed E-state index contributed by atoms with van der Waals surface area (Å²) in [6.07, 6.45) is 1.37. The molecule has 13 heteroatoms. The van der Waals surface area contributed by atoms with E-state index in [2.05, 4.69) is 20.7 Å². The second kappa shape index (κ2) is 13.8. The zero-order chi connectivity index (χ0) is 29.2. The quantitative estimate of drug-likeness (QED) is 0.105. The predicted octanol–water partition coefficient (Wildman–Crippen LogP) is 1.75. The predicted molar refractivity (Wildman–Crippen MR) is 149 cm³/mol. The normalized spacial score (nSPS) is 10.8. The molecule has 41 heavy (non-hydrogen) atoms. The minimum atomic E-state index is -1.35. The second-order valence-corrected chi connectivity index (χ2v) is 9.16. The van der Waals surface area contributed by atoms with Crippen molar-refractivity contribution in [2.45, 2.75) is 5.16 Å². The number of hydrogen-bond acceptors (Lipinski definition) is 10. The van der Waals surface area contributed by atoms with Gasteiger partial charge in [-0.15, -0.1) is 5.10 Å². The Morgan fingerprint density at radius 3 is 2.34 bits per heavy atom. The van der Waals surface area contributed by atoms with Crippen LogP contribution < -0.4 is 34.0 Å². The van der Waals surface area contributed by atoms with Gasteiger partial charge in [-0.2, -0.15) is 9.67 Å². The van der Waals surface area contributed by atoms with Crippen molar-refractivity contribution in [3.05, 3.63) is 72.3 Å². The number of rotatable bonds is 13. The minimum absolute atomic E-state index is 0.00650. The fourth-order valence-electron chi connectivity index (χ4n) is 3.81. The van der Waals surface area contributed by atoms with E-state index >= 15 is 0 Å². The van der Waals surface area contributed by atoms with Gasteiger partial charge in [-0.1, -0.05) is 30.3 Å². The lowest BCUT2D eigenvalue weighted by molar-refractivity contribution is -0.625. The van der Waals surface area contributed by atoms with Gasteiger partial charge >= 0.3 is 5.16 Å². The van der Waals surface area contributed by atoms with Crippen molar-refractivity contribution in [2.24, 2.45) is 5.10 Å². The van der Waals surface area contributed by atoms with E-state index in [-0.39, 0.29) is 11.7 Å². The summed E-state index contributed by atoms with van der Waals surface area (Å²) in [6.45, 7) is -0.600. The SMILES string of the molecule is COc1cc(-c2[nH]nc(SCC(=O)N/N=C/c3ccccc3OCC(=O)[O-])[n+]2-c2ccccc2)cc(OC)c1OC. The number of benzene rings is 3. The standard InChI is InChI=1S/C28H27N5O7S/c1-37-22-13-19(14-23(38-2)26(22)39-3)27-31-32-28(33(27)20-10-5-4-6-11-20)41-17-24(34)30-29-15-18-9-7-8-12-21(18)40-16-25(35)36/h4-15H,16-17H2,1-3H3,(H2,30,34,35,36)/b29-15+. The largest absolute Gasteiger partial charge is 0.546 e. The first-order chi connectivity index (χ1) is 19.9. The number of nitrogens with zero attached hydrogens (tertiary/aromatic N) is 3. The van der Waals surface area contributed by atoms with Crippen molar-refractivity contribution in [1.82, 2.24) is 15.6 Å². The summed E-state index contributed by atoms with van der Waals surface area (Å²) >= 11 is 1.20. The Bertz CT molecular complexity index is 1520. The lowest BCUT2D eigenvalue weighted by Crippen LogP contribution is -2.34. The number of nitrogens with one attached hydrogen (secondary N) is 2. The van der Waals surface area contributed by atoms with Crippen LogP contribution in [0.15, 0.2) is 77.0 Å². The van der Waals surface area contributed by atoms with Gasteiger partial charge in [0.2, 0.25) is 5.75 Å². The van der Waals surface area contributed by atoms with Crippen LogP contribution in [0.1, 0.15) is 5.56 Å². The third kappa shape index (κ3) is 7.13. The molecule has 12 nitrogen and oxygen atoms in total. The third-order valence-corrected chi connectivity index (χ3v) is 6.55. The molecule has 0 aliphatic rings. The van der Waals surface area contributed by atoms with E-state index in [4.69, 9.17) is 18.9 Å². The van der Waals surface area contributed by atoms with Crippen molar-refractivity contribution in [3.8, 4) is 40.1 Å². The summed E-state index contributed by atoms with van der Waals surface area (Å²) in [4.78, 5) is 23.3. The molecule has 0 aliphatic heterocycles. The van der Waals surface area contributed by atoms with Crippen LogP contribution in [0.4, 0.5) is 0 Å². The lowest BCUT2D eigenvalue weighted by Gasteiger charge is -2.13. The molecule has 1 amide bonds. The molecule has 0 unspecified atom stereocenters. The zero-order valence-electron chi connectivity index (χ0n) is 22.5. The molecule has 2 N–H and O–H groups in total. The number of para-hydroxylation sites is 2.